The Kier molecular flexibility index (Phi) is 8.71. The third kappa shape index (κ3) is 5.87. The summed E-state index contributed by atoms with van der Waals surface area (Å²) in [5.41, 5.74) is 2.66. The Bertz CT molecular complexity index is 686. The number of aryl methyl sites for hydroxylation is 1. The second kappa shape index (κ2) is 10.8. The largest absolute Gasteiger partial charge is 0.371 e. The highest BCUT2D eigenvalue weighted by molar-refractivity contribution is 14.0. The zero-order valence-electron chi connectivity index (χ0n) is 15.6. The van der Waals surface area contributed by atoms with Crippen LogP contribution in [-0.4, -0.2) is 32.1 Å². The summed E-state index contributed by atoms with van der Waals surface area (Å²) in [6, 6.07) is 12.9. The third-order valence-corrected chi connectivity index (χ3v) is 5.67. The minimum atomic E-state index is 0. The molecule has 1 unspecified atom stereocenters. The van der Waals surface area contributed by atoms with E-state index in [4.69, 9.17) is 4.99 Å². The van der Waals surface area contributed by atoms with Crippen LogP contribution in [0.15, 0.2) is 46.8 Å². The highest BCUT2D eigenvalue weighted by Crippen LogP contribution is 2.23. The molecule has 0 spiro atoms. The molecule has 0 bridgehead atoms. The van der Waals surface area contributed by atoms with E-state index in [0.29, 0.717) is 5.92 Å². The molecule has 0 aliphatic carbocycles. The normalized spacial score (nSPS) is 17.1. The molecule has 0 radical (unpaired) electrons. The van der Waals surface area contributed by atoms with Gasteiger partial charge in [-0.25, -0.2) is 4.99 Å². The van der Waals surface area contributed by atoms with Crippen LogP contribution in [0.4, 0.5) is 5.69 Å². The zero-order chi connectivity index (χ0) is 17.5. The summed E-state index contributed by atoms with van der Waals surface area (Å²) in [6.07, 6.45) is 1.23. The van der Waals surface area contributed by atoms with Crippen LogP contribution in [0.1, 0.15) is 23.8 Å². The molecule has 1 atom stereocenters. The number of para-hydroxylation sites is 1. The van der Waals surface area contributed by atoms with Gasteiger partial charge in [-0.1, -0.05) is 18.2 Å². The van der Waals surface area contributed by atoms with Gasteiger partial charge in [-0.3, -0.25) is 0 Å². The lowest BCUT2D eigenvalue weighted by Crippen LogP contribution is -2.40. The summed E-state index contributed by atoms with van der Waals surface area (Å²) in [4.78, 5) is 8.56. The van der Waals surface area contributed by atoms with Crippen LogP contribution in [0.2, 0.25) is 0 Å². The zero-order valence-corrected chi connectivity index (χ0v) is 18.7. The molecular weight excluding hydrogens is 455 g/mol. The van der Waals surface area contributed by atoms with Gasteiger partial charge in [-0.2, -0.15) is 0 Å². The lowest BCUT2D eigenvalue weighted by molar-refractivity contribution is 0.566. The van der Waals surface area contributed by atoms with Crippen LogP contribution in [-0.2, 0) is 6.54 Å². The quantitative estimate of drug-likeness (QED) is 0.366. The van der Waals surface area contributed by atoms with Crippen molar-refractivity contribution in [1.82, 2.24) is 10.6 Å². The van der Waals surface area contributed by atoms with Crippen molar-refractivity contribution in [3.8, 4) is 0 Å². The van der Waals surface area contributed by atoms with E-state index in [2.05, 4.69) is 71.2 Å². The summed E-state index contributed by atoms with van der Waals surface area (Å²) in [5, 5.41) is 9.03. The van der Waals surface area contributed by atoms with Crippen LogP contribution < -0.4 is 15.5 Å². The molecule has 0 amide bonds. The number of rotatable bonds is 6. The van der Waals surface area contributed by atoms with E-state index < -0.39 is 0 Å². The van der Waals surface area contributed by atoms with E-state index in [-0.39, 0.29) is 24.0 Å². The average Bonchev–Trinajstić information content (AvgIpc) is 3.27. The molecule has 0 saturated carbocycles. The SMILES string of the molecule is CCNC(=NCc1sccc1C)NCC1CCN(c2ccccc2)C1.I. The second-order valence-corrected chi connectivity index (χ2v) is 7.54. The fraction of sp³-hybridized carbons (Fsp3) is 0.450. The first-order valence-corrected chi connectivity index (χ1v) is 9.99. The highest BCUT2D eigenvalue weighted by atomic mass is 127. The fourth-order valence-electron chi connectivity index (χ4n) is 3.17. The van der Waals surface area contributed by atoms with Gasteiger partial charge in [0.2, 0.25) is 0 Å². The Balaban J connectivity index is 0.00000243. The smallest absolute Gasteiger partial charge is 0.191 e. The van der Waals surface area contributed by atoms with E-state index >= 15 is 0 Å². The molecule has 1 aromatic carbocycles. The van der Waals surface area contributed by atoms with Crippen molar-refractivity contribution in [1.29, 1.82) is 0 Å². The molecular formula is C20H29IN4S. The van der Waals surface area contributed by atoms with Crippen molar-refractivity contribution >= 4 is 47.0 Å². The summed E-state index contributed by atoms with van der Waals surface area (Å²) >= 11 is 1.78. The number of guanidine groups is 1. The monoisotopic (exact) mass is 484 g/mol. The molecule has 1 aromatic heterocycles. The van der Waals surface area contributed by atoms with Crippen molar-refractivity contribution in [2.45, 2.75) is 26.8 Å². The first-order chi connectivity index (χ1) is 12.3. The van der Waals surface area contributed by atoms with Crippen molar-refractivity contribution in [2.24, 2.45) is 10.9 Å². The maximum atomic E-state index is 4.75. The summed E-state index contributed by atoms with van der Waals surface area (Å²) in [6.45, 7) is 9.12. The van der Waals surface area contributed by atoms with Crippen molar-refractivity contribution in [3.05, 3.63) is 52.2 Å². The second-order valence-electron chi connectivity index (χ2n) is 6.54. The predicted octanol–water partition coefficient (Wildman–Crippen LogP) is 4.26. The third-order valence-electron chi connectivity index (χ3n) is 4.66. The van der Waals surface area contributed by atoms with Crippen LogP contribution in [0, 0.1) is 12.8 Å². The molecule has 142 valence electrons. The van der Waals surface area contributed by atoms with E-state index in [1.807, 2.05) is 0 Å². The molecule has 1 aliphatic rings. The van der Waals surface area contributed by atoms with E-state index in [0.717, 1.165) is 38.7 Å². The maximum absolute atomic E-state index is 4.75. The molecule has 2 aromatic rings. The Morgan fingerprint density at radius 1 is 1.23 bits per heavy atom. The van der Waals surface area contributed by atoms with Gasteiger partial charge >= 0.3 is 0 Å². The lowest BCUT2D eigenvalue weighted by Gasteiger charge is -2.19. The van der Waals surface area contributed by atoms with Crippen molar-refractivity contribution in [3.63, 3.8) is 0 Å². The van der Waals surface area contributed by atoms with Gasteiger partial charge in [0.25, 0.3) is 0 Å². The number of thiophene rings is 1. The van der Waals surface area contributed by atoms with Crippen LogP contribution in [0.5, 0.6) is 0 Å². The number of nitrogens with zero attached hydrogens (tertiary/aromatic N) is 2. The number of benzene rings is 1. The van der Waals surface area contributed by atoms with Crippen LogP contribution in [0.3, 0.4) is 0 Å². The number of anilines is 1. The van der Waals surface area contributed by atoms with E-state index in [9.17, 15) is 0 Å². The molecule has 26 heavy (non-hydrogen) atoms. The van der Waals surface area contributed by atoms with Gasteiger partial charge in [0, 0.05) is 36.7 Å². The topological polar surface area (TPSA) is 39.7 Å². The molecule has 3 rings (SSSR count). The van der Waals surface area contributed by atoms with Gasteiger partial charge in [-0.05, 0) is 55.3 Å². The number of halogens is 1. The molecule has 6 heteroatoms. The van der Waals surface area contributed by atoms with Crippen molar-refractivity contribution < 1.29 is 0 Å². The van der Waals surface area contributed by atoms with Gasteiger partial charge < -0.3 is 15.5 Å². The molecule has 4 nitrogen and oxygen atoms in total. The Hall–Kier alpha value is -1.28. The molecule has 2 N–H and O–H groups in total. The first-order valence-electron chi connectivity index (χ1n) is 9.11. The van der Waals surface area contributed by atoms with Gasteiger partial charge in [-0.15, -0.1) is 35.3 Å². The molecule has 2 heterocycles. The van der Waals surface area contributed by atoms with Gasteiger partial charge in [0.05, 0.1) is 6.54 Å². The first kappa shape index (κ1) is 21.0. The number of nitrogens with one attached hydrogen (secondary N) is 2. The minimum absolute atomic E-state index is 0. The molecule has 1 saturated heterocycles. The Morgan fingerprint density at radius 2 is 2.04 bits per heavy atom. The van der Waals surface area contributed by atoms with E-state index in [1.165, 1.54) is 22.5 Å². The molecule has 1 fully saturated rings. The Labute approximate surface area is 178 Å². The number of aliphatic imine (C=N–C) groups is 1. The van der Waals surface area contributed by atoms with E-state index in [1.54, 1.807) is 11.3 Å². The number of hydrogen-bond donors (Lipinski definition) is 2. The summed E-state index contributed by atoms with van der Waals surface area (Å²) in [5.74, 6) is 1.58. The maximum Gasteiger partial charge on any atom is 0.191 e. The Morgan fingerprint density at radius 3 is 2.73 bits per heavy atom. The summed E-state index contributed by atoms with van der Waals surface area (Å²) in [7, 11) is 0. The van der Waals surface area contributed by atoms with Gasteiger partial charge in [0.1, 0.15) is 0 Å². The summed E-state index contributed by atoms with van der Waals surface area (Å²) < 4.78 is 0. The van der Waals surface area contributed by atoms with Crippen LogP contribution >= 0.6 is 35.3 Å². The molecule has 1 aliphatic heterocycles. The van der Waals surface area contributed by atoms with Gasteiger partial charge in [0.15, 0.2) is 5.96 Å². The van der Waals surface area contributed by atoms with Crippen LogP contribution in [0.25, 0.3) is 0 Å². The minimum Gasteiger partial charge on any atom is -0.371 e. The van der Waals surface area contributed by atoms with Crippen molar-refractivity contribution in [2.75, 3.05) is 31.1 Å². The standard InChI is InChI=1S/C20H28N4S.HI/c1-3-21-20(23-14-19-16(2)10-12-25-19)22-13-17-9-11-24(15-17)18-7-5-4-6-8-18;/h4-8,10,12,17H,3,9,11,13-15H2,1-2H3,(H2,21,22,23);1H. The predicted molar refractivity (Wildman–Crippen MR) is 124 cm³/mol. The average molecular weight is 484 g/mol. The lowest BCUT2D eigenvalue weighted by atomic mass is 10.1. The highest BCUT2D eigenvalue weighted by Gasteiger charge is 2.22. The fourth-order valence-corrected chi connectivity index (χ4v) is 4.00. The number of hydrogen-bond acceptors (Lipinski definition) is 3.